The molecule has 1 saturated heterocycles. The van der Waals surface area contributed by atoms with Crippen molar-refractivity contribution in [2.75, 3.05) is 31.2 Å². The number of hydrogen-bond donors (Lipinski definition) is 1. The Morgan fingerprint density at radius 2 is 1.66 bits per heavy atom. The standard InChI is InChI=1S/C23H26N4O2/c1-18-7-9-20(10-8-18)27-22(28)12-11-21(24-27)23(29)26-15-13-25(14-16-26)17-19-5-3-2-4-6-19/h2-11,24H,12-17H2,1H3. The van der Waals surface area contributed by atoms with Gasteiger partial charge in [-0.25, -0.2) is 5.01 Å². The maximum atomic E-state index is 13.0. The Labute approximate surface area is 171 Å². The Balaban J connectivity index is 1.36. The molecule has 2 amide bonds. The minimum atomic E-state index is -0.0712. The maximum Gasteiger partial charge on any atom is 0.271 e. The van der Waals surface area contributed by atoms with Gasteiger partial charge in [0.1, 0.15) is 5.70 Å². The molecule has 29 heavy (non-hydrogen) atoms. The molecular weight excluding hydrogens is 364 g/mol. The highest BCUT2D eigenvalue weighted by atomic mass is 16.2. The highest BCUT2D eigenvalue weighted by Crippen LogP contribution is 2.19. The fraction of sp³-hybridized carbons (Fsp3) is 0.304. The van der Waals surface area contributed by atoms with E-state index in [1.807, 2.05) is 42.2 Å². The van der Waals surface area contributed by atoms with E-state index in [0.717, 1.165) is 30.9 Å². The number of carbonyl (C=O) groups is 2. The van der Waals surface area contributed by atoms with Crippen LogP contribution in [-0.4, -0.2) is 47.8 Å². The number of benzene rings is 2. The van der Waals surface area contributed by atoms with Gasteiger partial charge in [0, 0.05) is 39.1 Å². The van der Waals surface area contributed by atoms with E-state index >= 15 is 0 Å². The van der Waals surface area contributed by atoms with Crippen LogP contribution in [0.25, 0.3) is 0 Å². The molecular formula is C23H26N4O2. The number of hydrogen-bond acceptors (Lipinski definition) is 4. The zero-order valence-corrected chi connectivity index (χ0v) is 16.7. The largest absolute Gasteiger partial charge is 0.335 e. The number of nitrogens with one attached hydrogen (secondary N) is 1. The van der Waals surface area contributed by atoms with E-state index in [4.69, 9.17) is 0 Å². The predicted octanol–water partition coefficient (Wildman–Crippen LogP) is 2.46. The quantitative estimate of drug-likeness (QED) is 0.871. The molecule has 4 rings (SSSR count). The summed E-state index contributed by atoms with van der Waals surface area (Å²) in [6.45, 7) is 5.95. The summed E-state index contributed by atoms with van der Waals surface area (Å²) in [4.78, 5) is 29.6. The minimum absolute atomic E-state index is 0.0472. The topological polar surface area (TPSA) is 55.9 Å². The molecule has 2 heterocycles. The molecule has 1 N–H and O–H groups in total. The smallest absolute Gasteiger partial charge is 0.271 e. The Kier molecular flexibility index (Phi) is 5.62. The van der Waals surface area contributed by atoms with E-state index in [1.165, 1.54) is 10.6 Å². The summed E-state index contributed by atoms with van der Waals surface area (Å²) in [5, 5.41) is 1.47. The Morgan fingerprint density at radius 1 is 0.966 bits per heavy atom. The SMILES string of the molecule is Cc1ccc(N2NC(C(=O)N3CCN(Cc4ccccc4)CC3)=CCC2=O)cc1. The van der Waals surface area contributed by atoms with Crippen LogP contribution >= 0.6 is 0 Å². The van der Waals surface area contributed by atoms with Crippen molar-refractivity contribution >= 4 is 17.5 Å². The first-order valence-corrected chi connectivity index (χ1v) is 10.0. The number of anilines is 1. The summed E-state index contributed by atoms with van der Waals surface area (Å²) < 4.78 is 0. The summed E-state index contributed by atoms with van der Waals surface area (Å²) in [5.74, 6) is -0.118. The van der Waals surface area contributed by atoms with Crippen LogP contribution in [0.2, 0.25) is 0 Å². The fourth-order valence-electron chi connectivity index (χ4n) is 3.67. The van der Waals surface area contributed by atoms with Gasteiger partial charge in [-0.1, -0.05) is 48.0 Å². The lowest BCUT2D eigenvalue weighted by Crippen LogP contribution is -2.53. The zero-order valence-electron chi connectivity index (χ0n) is 16.7. The van der Waals surface area contributed by atoms with Gasteiger partial charge in [-0.05, 0) is 30.7 Å². The molecule has 6 heteroatoms. The van der Waals surface area contributed by atoms with Gasteiger partial charge in [0.15, 0.2) is 0 Å². The van der Waals surface area contributed by atoms with E-state index in [1.54, 1.807) is 6.08 Å². The molecule has 150 valence electrons. The number of aryl methyl sites for hydroxylation is 1. The van der Waals surface area contributed by atoms with Crippen molar-refractivity contribution in [3.8, 4) is 0 Å². The third-order valence-corrected chi connectivity index (χ3v) is 5.39. The first kappa shape index (κ1) is 19.2. The molecule has 0 saturated carbocycles. The van der Waals surface area contributed by atoms with Crippen LogP contribution < -0.4 is 10.4 Å². The molecule has 0 unspecified atom stereocenters. The lowest BCUT2D eigenvalue weighted by atomic mass is 10.1. The van der Waals surface area contributed by atoms with Crippen molar-refractivity contribution in [3.05, 3.63) is 77.5 Å². The first-order chi connectivity index (χ1) is 14.1. The van der Waals surface area contributed by atoms with Crippen molar-refractivity contribution in [2.45, 2.75) is 19.9 Å². The van der Waals surface area contributed by atoms with Crippen molar-refractivity contribution in [2.24, 2.45) is 0 Å². The van der Waals surface area contributed by atoms with E-state index in [9.17, 15) is 9.59 Å². The van der Waals surface area contributed by atoms with Crippen molar-refractivity contribution in [1.29, 1.82) is 0 Å². The highest BCUT2D eigenvalue weighted by Gasteiger charge is 2.28. The van der Waals surface area contributed by atoms with Crippen LogP contribution in [0, 0.1) is 6.92 Å². The van der Waals surface area contributed by atoms with Gasteiger partial charge in [0.2, 0.25) is 5.91 Å². The number of carbonyl (C=O) groups excluding carboxylic acids is 2. The molecule has 0 spiro atoms. The second kappa shape index (κ2) is 8.49. The molecule has 2 aromatic rings. The van der Waals surface area contributed by atoms with Crippen molar-refractivity contribution < 1.29 is 9.59 Å². The maximum absolute atomic E-state index is 13.0. The molecule has 2 aliphatic heterocycles. The van der Waals surface area contributed by atoms with E-state index in [2.05, 4.69) is 34.6 Å². The van der Waals surface area contributed by atoms with Gasteiger partial charge in [0.05, 0.1) is 5.69 Å². The monoisotopic (exact) mass is 390 g/mol. The molecule has 0 aromatic heterocycles. The van der Waals surface area contributed by atoms with Crippen LogP contribution in [-0.2, 0) is 16.1 Å². The predicted molar refractivity (Wildman–Crippen MR) is 113 cm³/mol. The van der Waals surface area contributed by atoms with E-state index in [-0.39, 0.29) is 18.2 Å². The lowest BCUT2D eigenvalue weighted by molar-refractivity contribution is -0.129. The number of piperazine rings is 1. The Bertz CT molecular complexity index is 900. The molecule has 6 nitrogen and oxygen atoms in total. The number of hydrazine groups is 1. The fourth-order valence-corrected chi connectivity index (χ4v) is 3.67. The summed E-state index contributed by atoms with van der Waals surface area (Å²) in [5.41, 5.74) is 6.65. The summed E-state index contributed by atoms with van der Waals surface area (Å²) in [6.07, 6.45) is 1.92. The third-order valence-electron chi connectivity index (χ3n) is 5.39. The molecule has 0 bridgehead atoms. The van der Waals surface area contributed by atoms with Crippen molar-refractivity contribution in [1.82, 2.24) is 15.2 Å². The highest BCUT2D eigenvalue weighted by molar-refractivity contribution is 6.01. The van der Waals surface area contributed by atoms with Gasteiger partial charge in [-0.2, -0.15) is 0 Å². The first-order valence-electron chi connectivity index (χ1n) is 10.0. The average molecular weight is 390 g/mol. The number of nitrogens with zero attached hydrogens (tertiary/aromatic N) is 3. The average Bonchev–Trinajstić information content (AvgIpc) is 2.76. The van der Waals surface area contributed by atoms with Gasteiger partial charge < -0.3 is 4.90 Å². The molecule has 1 fully saturated rings. The summed E-state index contributed by atoms with van der Waals surface area (Å²) >= 11 is 0. The Hall–Kier alpha value is -3.12. The molecule has 0 atom stereocenters. The van der Waals surface area contributed by atoms with E-state index < -0.39 is 0 Å². The summed E-state index contributed by atoms with van der Waals surface area (Å²) in [7, 11) is 0. The van der Waals surface area contributed by atoms with Crippen LogP contribution in [0.1, 0.15) is 17.5 Å². The molecule has 0 aliphatic carbocycles. The molecule has 0 radical (unpaired) electrons. The number of amides is 2. The van der Waals surface area contributed by atoms with Crippen molar-refractivity contribution in [3.63, 3.8) is 0 Å². The van der Waals surface area contributed by atoms with Crippen LogP contribution in [0.3, 0.4) is 0 Å². The number of rotatable bonds is 4. The zero-order chi connectivity index (χ0) is 20.2. The third kappa shape index (κ3) is 4.49. The molecule has 2 aromatic carbocycles. The summed E-state index contributed by atoms with van der Waals surface area (Å²) in [6, 6.07) is 18.1. The Morgan fingerprint density at radius 3 is 2.34 bits per heavy atom. The van der Waals surface area contributed by atoms with Crippen LogP contribution in [0.15, 0.2) is 66.4 Å². The van der Waals surface area contributed by atoms with Gasteiger partial charge in [0.25, 0.3) is 5.91 Å². The van der Waals surface area contributed by atoms with Gasteiger partial charge in [-0.15, -0.1) is 0 Å². The van der Waals surface area contributed by atoms with Gasteiger partial charge in [-0.3, -0.25) is 19.9 Å². The van der Waals surface area contributed by atoms with Crippen LogP contribution in [0.4, 0.5) is 5.69 Å². The molecule has 2 aliphatic rings. The van der Waals surface area contributed by atoms with E-state index in [0.29, 0.717) is 18.8 Å². The minimum Gasteiger partial charge on any atom is -0.335 e. The second-order valence-corrected chi connectivity index (χ2v) is 7.55. The second-order valence-electron chi connectivity index (χ2n) is 7.55. The van der Waals surface area contributed by atoms with Crippen LogP contribution in [0.5, 0.6) is 0 Å². The van der Waals surface area contributed by atoms with Gasteiger partial charge >= 0.3 is 0 Å². The lowest BCUT2D eigenvalue weighted by Gasteiger charge is -2.36. The normalized spacial score (nSPS) is 17.7.